The van der Waals surface area contributed by atoms with Crippen LogP contribution in [0, 0.1) is 0 Å². The molecule has 0 radical (unpaired) electrons. The first kappa shape index (κ1) is 33.6. The Kier molecular flexibility index (Phi) is 7.21. The van der Waals surface area contributed by atoms with Crippen molar-refractivity contribution in [3.63, 3.8) is 0 Å². The molecule has 0 bridgehead atoms. The van der Waals surface area contributed by atoms with Crippen LogP contribution in [0.1, 0.15) is 0 Å². The first-order valence-corrected chi connectivity index (χ1v) is 20.5. The first-order valence-electron chi connectivity index (χ1n) is 20.5. The molecule has 4 heterocycles. The van der Waals surface area contributed by atoms with Gasteiger partial charge in [-0.1, -0.05) is 146 Å². The molecular formula is C55H33N5O. The molecule has 13 rings (SSSR count). The Bertz CT molecular complexity index is 3820. The number of hydrogen-bond donors (Lipinski definition) is 0. The number of rotatable bonds is 5. The van der Waals surface area contributed by atoms with Crippen LogP contribution < -0.4 is 0 Å². The number of hydrogen-bond acceptors (Lipinski definition) is 4. The minimum Gasteiger partial charge on any atom is -0.456 e. The van der Waals surface area contributed by atoms with Gasteiger partial charge in [-0.25, -0.2) is 15.0 Å². The summed E-state index contributed by atoms with van der Waals surface area (Å²) in [5, 5.41) is 9.27. The lowest BCUT2D eigenvalue weighted by Crippen LogP contribution is -2.00. The second-order valence-corrected chi connectivity index (χ2v) is 15.6. The third-order valence-electron chi connectivity index (χ3n) is 12.1. The molecule has 0 saturated carbocycles. The van der Waals surface area contributed by atoms with Gasteiger partial charge < -0.3 is 13.6 Å². The van der Waals surface area contributed by atoms with Crippen molar-refractivity contribution in [2.45, 2.75) is 0 Å². The van der Waals surface area contributed by atoms with E-state index in [4.69, 9.17) is 19.4 Å². The summed E-state index contributed by atoms with van der Waals surface area (Å²) in [4.78, 5) is 14.9. The van der Waals surface area contributed by atoms with Gasteiger partial charge in [0.15, 0.2) is 17.5 Å². The molecule has 9 aromatic carbocycles. The van der Waals surface area contributed by atoms with Crippen LogP contribution in [-0.2, 0) is 0 Å². The van der Waals surface area contributed by atoms with E-state index in [9.17, 15) is 0 Å². The summed E-state index contributed by atoms with van der Waals surface area (Å²) < 4.78 is 11.2. The largest absolute Gasteiger partial charge is 0.456 e. The van der Waals surface area contributed by atoms with E-state index in [0.29, 0.717) is 17.5 Å². The van der Waals surface area contributed by atoms with Gasteiger partial charge in [-0.05, 0) is 65.4 Å². The summed E-state index contributed by atoms with van der Waals surface area (Å²) in [5.41, 5.74) is 11.4. The van der Waals surface area contributed by atoms with E-state index in [1.165, 1.54) is 21.5 Å². The van der Waals surface area contributed by atoms with Crippen molar-refractivity contribution in [3.8, 4) is 45.5 Å². The molecule has 0 aliphatic carbocycles. The summed E-state index contributed by atoms with van der Waals surface area (Å²) in [6.07, 6.45) is 0. The molecule has 0 aliphatic heterocycles. The van der Waals surface area contributed by atoms with Crippen molar-refractivity contribution < 1.29 is 4.42 Å². The smallest absolute Gasteiger partial charge is 0.164 e. The lowest BCUT2D eigenvalue weighted by Gasteiger charge is -2.14. The second kappa shape index (κ2) is 13.1. The van der Waals surface area contributed by atoms with Crippen LogP contribution >= 0.6 is 0 Å². The number of nitrogens with zero attached hydrogens (tertiary/aromatic N) is 5. The van der Waals surface area contributed by atoms with E-state index in [2.05, 4.69) is 137 Å². The number of para-hydroxylation sites is 3. The lowest BCUT2D eigenvalue weighted by atomic mass is 10.1. The summed E-state index contributed by atoms with van der Waals surface area (Å²) in [7, 11) is 0. The molecule has 4 aromatic heterocycles. The van der Waals surface area contributed by atoms with Gasteiger partial charge in [0.1, 0.15) is 11.2 Å². The fraction of sp³-hybridized carbons (Fsp3) is 0. The van der Waals surface area contributed by atoms with Crippen LogP contribution in [0.5, 0.6) is 0 Å². The van der Waals surface area contributed by atoms with Crippen molar-refractivity contribution in [1.29, 1.82) is 0 Å². The van der Waals surface area contributed by atoms with Crippen molar-refractivity contribution in [2.24, 2.45) is 0 Å². The maximum absolute atomic E-state index is 6.28. The third-order valence-corrected chi connectivity index (χ3v) is 12.1. The summed E-state index contributed by atoms with van der Waals surface area (Å²) in [6.45, 7) is 0. The number of aromatic nitrogens is 5. The van der Waals surface area contributed by atoms with Crippen molar-refractivity contribution in [2.75, 3.05) is 0 Å². The zero-order chi connectivity index (χ0) is 40.0. The van der Waals surface area contributed by atoms with Gasteiger partial charge in [-0.3, -0.25) is 0 Å². The van der Waals surface area contributed by atoms with Crippen LogP contribution in [0.3, 0.4) is 0 Å². The predicted molar refractivity (Wildman–Crippen MR) is 250 cm³/mol. The Balaban J connectivity index is 1.02. The molecule has 0 fully saturated rings. The predicted octanol–water partition coefficient (Wildman–Crippen LogP) is 14.1. The van der Waals surface area contributed by atoms with Crippen molar-refractivity contribution in [3.05, 3.63) is 200 Å². The molecule has 0 atom stereocenters. The Morgan fingerprint density at radius 2 is 0.787 bits per heavy atom. The monoisotopic (exact) mass is 779 g/mol. The number of furan rings is 1. The van der Waals surface area contributed by atoms with Crippen molar-refractivity contribution >= 4 is 76.3 Å². The second-order valence-electron chi connectivity index (χ2n) is 15.6. The zero-order valence-electron chi connectivity index (χ0n) is 32.7. The molecule has 6 nitrogen and oxygen atoms in total. The standard InChI is InChI=1S/C55H33N5O/c1-3-13-34(14-4-1)53-56-54(35-15-5-2-6-16-35)58-55(57-53)38-24-23-37-32-39(26-25-36(37)31-38)59-47-20-10-7-17-41(47)44-28-29-45-42-18-8-11-21-48(42)60(52(45)51(44)59)40-27-30-50-46(33-40)43-19-9-12-22-49(43)61-50/h1-33H. The number of fused-ring (bicyclic) bond motifs is 11. The van der Waals surface area contributed by atoms with Crippen LogP contribution in [0.2, 0.25) is 0 Å². The zero-order valence-corrected chi connectivity index (χ0v) is 32.7. The van der Waals surface area contributed by atoms with E-state index in [1.54, 1.807) is 0 Å². The summed E-state index contributed by atoms with van der Waals surface area (Å²) in [6, 6.07) is 70.5. The number of benzene rings is 9. The fourth-order valence-electron chi connectivity index (χ4n) is 9.34. The first-order chi connectivity index (χ1) is 30.2. The van der Waals surface area contributed by atoms with Gasteiger partial charge in [0.2, 0.25) is 0 Å². The summed E-state index contributed by atoms with van der Waals surface area (Å²) in [5.74, 6) is 1.93. The maximum atomic E-state index is 6.28. The Morgan fingerprint density at radius 3 is 1.43 bits per heavy atom. The van der Waals surface area contributed by atoms with Gasteiger partial charge in [-0.2, -0.15) is 0 Å². The molecule has 0 aliphatic rings. The molecule has 0 unspecified atom stereocenters. The van der Waals surface area contributed by atoms with Crippen molar-refractivity contribution in [1.82, 2.24) is 24.1 Å². The molecule has 0 saturated heterocycles. The van der Waals surface area contributed by atoms with Gasteiger partial charge in [-0.15, -0.1) is 0 Å². The highest BCUT2D eigenvalue weighted by molar-refractivity contribution is 6.24. The summed E-state index contributed by atoms with van der Waals surface area (Å²) >= 11 is 0. The van der Waals surface area contributed by atoms with E-state index in [-0.39, 0.29) is 0 Å². The topological polar surface area (TPSA) is 61.7 Å². The molecule has 61 heavy (non-hydrogen) atoms. The minimum atomic E-state index is 0.637. The van der Waals surface area contributed by atoms with E-state index in [0.717, 1.165) is 82.8 Å². The van der Waals surface area contributed by atoms with Gasteiger partial charge in [0, 0.05) is 60.4 Å². The minimum absolute atomic E-state index is 0.637. The van der Waals surface area contributed by atoms with Gasteiger partial charge >= 0.3 is 0 Å². The van der Waals surface area contributed by atoms with Gasteiger partial charge in [0.05, 0.1) is 22.1 Å². The molecule has 13 aromatic rings. The van der Waals surface area contributed by atoms with Crippen LogP contribution in [0.25, 0.3) is 122 Å². The highest BCUT2D eigenvalue weighted by Crippen LogP contribution is 2.43. The SMILES string of the molecule is c1ccc(-c2nc(-c3ccccc3)nc(-c3ccc4cc(-n5c6ccccc6c6ccc7c8ccccc8n(-c8ccc9oc%10ccccc%10c9c8)c7c65)ccc4c3)n2)cc1. The van der Waals surface area contributed by atoms with E-state index in [1.807, 2.05) is 72.8 Å². The highest BCUT2D eigenvalue weighted by atomic mass is 16.3. The normalized spacial score (nSPS) is 11.9. The van der Waals surface area contributed by atoms with Crippen LogP contribution in [0.15, 0.2) is 205 Å². The van der Waals surface area contributed by atoms with E-state index >= 15 is 0 Å². The molecule has 6 heteroatoms. The highest BCUT2D eigenvalue weighted by Gasteiger charge is 2.22. The quantitative estimate of drug-likeness (QED) is 0.175. The van der Waals surface area contributed by atoms with E-state index < -0.39 is 0 Å². The Morgan fingerprint density at radius 1 is 0.311 bits per heavy atom. The fourth-order valence-corrected chi connectivity index (χ4v) is 9.34. The molecule has 0 amide bonds. The molecule has 0 spiro atoms. The Labute approximate surface area is 349 Å². The van der Waals surface area contributed by atoms with Crippen LogP contribution in [0.4, 0.5) is 0 Å². The average molecular weight is 780 g/mol. The third kappa shape index (κ3) is 5.19. The molecule has 284 valence electrons. The lowest BCUT2D eigenvalue weighted by molar-refractivity contribution is 0.669. The average Bonchev–Trinajstić information content (AvgIpc) is 3.99. The van der Waals surface area contributed by atoms with Gasteiger partial charge in [0.25, 0.3) is 0 Å². The van der Waals surface area contributed by atoms with Crippen LogP contribution in [-0.4, -0.2) is 24.1 Å². The molecule has 0 N–H and O–H groups in total. The molecular weight excluding hydrogens is 747 g/mol. The maximum Gasteiger partial charge on any atom is 0.164 e. The Hall–Kier alpha value is -8.35.